The molecule has 0 aromatic heterocycles. The first-order valence-corrected chi connectivity index (χ1v) is 7.96. The molecule has 120 valence electrons. The summed E-state index contributed by atoms with van der Waals surface area (Å²) < 4.78 is 26.3. The minimum absolute atomic E-state index is 0.132. The van der Waals surface area contributed by atoms with Crippen LogP contribution in [0.4, 0.5) is 8.78 Å². The second-order valence-electron chi connectivity index (χ2n) is 7.07. The monoisotopic (exact) mass is 302 g/mol. The lowest BCUT2D eigenvalue weighted by Crippen LogP contribution is -2.49. The first-order valence-electron chi connectivity index (χ1n) is 7.96. The topological polar surface area (TPSA) is 43.8 Å². The Morgan fingerprint density at radius 3 is 2.43 bits per heavy atom. The molecule has 0 aromatic carbocycles. The molecule has 3 fully saturated rings. The standard InChI is InChI=1S/C15H24F2N2O2/c16-15(17)4-6-18(7-5-15)10-14(21)3-8-19(11-14)13(20)9-12-1-2-12/h12,21H,1-11H2. The summed E-state index contributed by atoms with van der Waals surface area (Å²) in [6, 6.07) is 0. The maximum Gasteiger partial charge on any atom is 0.250 e. The van der Waals surface area contributed by atoms with E-state index in [0.717, 1.165) is 12.8 Å². The molecule has 4 nitrogen and oxygen atoms in total. The normalized spacial score (nSPS) is 33.4. The largest absolute Gasteiger partial charge is 0.387 e. The number of likely N-dealkylation sites (tertiary alicyclic amines) is 2. The predicted molar refractivity (Wildman–Crippen MR) is 74.1 cm³/mol. The molecule has 0 spiro atoms. The van der Waals surface area contributed by atoms with Crippen LogP contribution in [0.3, 0.4) is 0 Å². The Labute approximate surface area is 124 Å². The van der Waals surface area contributed by atoms with E-state index in [-0.39, 0.29) is 18.7 Å². The molecule has 1 atom stereocenters. The molecular formula is C15H24F2N2O2. The maximum atomic E-state index is 13.1. The molecule has 1 saturated carbocycles. The highest BCUT2D eigenvalue weighted by Gasteiger charge is 2.42. The lowest BCUT2D eigenvalue weighted by molar-refractivity contribution is -0.131. The first-order chi connectivity index (χ1) is 9.85. The summed E-state index contributed by atoms with van der Waals surface area (Å²) in [6.45, 7) is 1.99. The van der Waals surface area contributed by atoms with E-state index in [0.29, 0.717) is 51.5 Å². The van der Waals surface area contributed by atoms with Crippen LogP contribution in [0.25, 0.3) is 0 Å². The minimum Gasteiger partial charge on any atom is -0.387 e. The molecule has 2 heterocycles. The second-order valence-corrected chi connectivity index (χ2v) is 7.07. The van der Waals surface area contributed by atoms with Crippen LogP contribution >= 0.6 is 0 Å². The molecule has 0 bridgehead atoms. The quantitative estimate of drug-likeness (QED) is 0.855. The second kappa shape index (κ2) is 5.47. The van der Waals surface area contributed by atoms with E-state index in [9.17, 15) is 18.7 Å². The van der Waals surface area contributed by atoms with Crippen molar-refractivity contribution in [2.24, 2.45) is 5.92 Å². The summed E-state index contributed by atoms with van der Waals surface area (Å²) in [6.07, 6.45) is 3.18. The summed E-state index contributed by atoms with van der Waals surface area (Å²) in [4.78, 5) is 15.7. The van der Waals surface area contributed by atoms with Crippen molar-refractivity contribution in [2.75, 3.05) is 32.7 Å². The van der Waals surface area contributed by atoms with Crippen LogP contribution in [0.5, 0.6) is 0 Å². The van der Waals surface area contributed by atoms with Gasteiger partial charge in [0, 0.05) is 45.4 Å². The third-order valence-corrected chi connectivity index (χ3v) is 4.95. The minimum atomic E-state index is -2.55. The van der Waals surface area contributed by atoms with E-state index in [1.807, 2.05) is 4.90 Å². The number of alkyl halides is 2. The zero-order valence-corrected chi connectivity index (χ0v) is 12.4. The zero-order chi connectivity index (χ0) is 15.1. The van der Waals surface area contributed by atoms with E-state index < -0.39 is 11.5 Å². The summed E-state index contributed by atoms with van der Waals surface area (Å²) in [5.41, 5.74) is -0.925. The van der Waals surface area contributed by atoms with Gasteiger partial charge in [-0.25, -0.2) is 8.78 Å². The lowest BCUT2D eigenvalue weighted by atomic mass is 10.00. The molecule has 2 aliphatic heterocycles. The third kappa shape index (κ3) is 3.92. The Balaban J connectivity index is 1.48. The zero-order valence-electron chi connectivity index (χ0n) is 12.4. The van der Waals surface area contributed by atoms with Gasteiger partial charge < -0.3 is 10.0 Å². The predicted octanol–water partition coefficient (Wildman–Crippen LogP) is 1.48. The smallest absolute Gasteiger partial charge is 0.250 e. The van der Waals surface area contributed by atoms with Gasteiger partial charge >= 0.3 is 0 Å². The lowest BCUT2D eigenvalue weighted by Gasteiger charge is -2.36. The van der Waals surface area contributed by atoms with Gasteiger partial charge in [0.15, 0.2) is 0 Å². The number of halogens is 2. The van der Waals surface area contributed by atoms with Crippen LogP contribution in [-0.4, -0.2) is 65.1 Å². The molecule has 1 unspecified atom stereocenters. The molecule has 1 amide bonds. The molecule has 3 rings (SSSR count). The third-order valence-electron chi connectivity index (χ3n) is 4.95. The Hall–Kier alpha value is -0.750. The van der Waals surface area contributed by atoms with Crippen molar-refractivity contribution >= 4 is 5.91 Å². The maximum absolute atomic E-state index is 13.1. The molecule has 21 heavy (non-hydrogen) atoms. The molecule has 3 aliphatic rings. The van der Waals surface area contributed by atoms with Crippen molar-refractivity contribution in [3.8, 4) is 0 Å². The van der Waals surface area contributed by atoms with E-state index in [1.165, 1.54) is 0 Å². The number of hydrogen-bond acceptors (Lipinski definition) is 3. The SMILES string of the molecule is O=C(CC1CC1)N1CCC(O)(CN2CCC(F)(F)CC2)C1. The fraction of sp³-hybridized carbons (Fsp3) is 0.933. The van der Waals surface area contributed by atoms with Crippen molar-refractivity contribution in [3.05, 3.63) is 0 Å². The number of piperidine rings is 1. The first kappa shape index (κ1) is 15.2. The average Bonchev–Trinajstić information content (AvgIpc) is 3.13. The van der Waals surface area contributed by atoms with E-state index in [1.54, 1.807) is 4.90 Å². The average molecular weight is 302 g/mol. The molecule has 2 saturated heterocycles. The highest BCUT2D eigenvalue weighted by molar-refractivity contribution is 5.77. The highest BCUT2D eigenvalue weighted by Crippen LogP contribution is 2.34. The van der Waals surface area contributed by atoms with Crippen LogP contribution in [0.1, 0.15) is 38.5 Å². The summed E-state index contributed by atoms with van der Waals surface area (Å²) >= 11 is 0. The fourth-order valence-corrected chi connectivity index (χ4v) is 3.35. The van der Waals surface area contributed by atoms with Gasteiger partial charge in [0.2, 0.25) is 5.91 Å². The molecule has 0 radical (unpaired) electrons. The van der Waals surface area contributed by atoms with Gasteiger partial charge in [-0.15, -0.1) is 0 Å². The van der Waals surface area contributed by atoms with Gasteiger partial charge in [-0.1, -0.05) is 0 Å². The number of carbonyl (C=O) groups excluding carboxylic acids is 1. The molecule has 0 aromatic rings. The van der Waals surface area contributed by atoms with E-state index in [2.05, 4.69) is 0 Å². The summed E-state index contributed by atoms with van der Waals surface area (Å²) in [5, 5.41) is 10.6. The van der Waals surface area contributed by atoms with Crippen LogP contribution < -0.4 is 0 Å². The highest BCUT2D eigenvalue weighted by atomic mass is 19.3. The number of nitrogens with zero attached hydrogens (tertiary/aromatic N) is 2. The van der Waals surface area contributed by atoms with Gasteiger partial charge in [0.1, 0.15) is 0 Å². The van der Waals surface area contributed by atoms with E-state index >= 15 is 0 Å². The van der Waals surface area contributed by atoms with Crippen molar-refractivity contribution in [1.29, 1.82) is 0 Å². The Morgan fingerprint density at radius 2 is 1.81 bits per heavy atom. The number of carbonyl (C=O) groups is 1. The fourth-order valence-electron chi connectivity index (χ4n) is 3.35. The van der Waals surface area contributed by atoms with Crippen LogP contribution in [0.2, 0.25) is 0 Å². The van der Waals surface area contributed by atoms with Gasteiger partial charge in [-0.2, -0.15) is 0 Å². The summed E-state index contributed by atoms with van der Waals surface area (Å²) in [5.74, 6) is -1.87. The summed E-state index contributed by atoms with van der Waals surface area (Å²) in [7, 11) is 0. The van der Waals surface area contributed by atoms with Crippen molar-refractivity contribution in [2.45, 2.75) is 50.0 Å². The molecule has 1 N–H and O–H groups in total. The van der Waals surface area contributed by atoms with Gasteiger partial charge in [-0.3, -0.25) is 9.69 Å². The van der Waals surface area contributed by atoms with Gasteiger partial charge in [0.05, 0.1) is 12.1 Å². The number of aliphatic hydroxyl groups is 1. The van der Waals surface area contributed by atoms with Crippen LogP contribution in [-0.2, 0) is 4.79 Å². The number of hydrogen-bond donors (Lipinski definition) is 1. The molecular weight excluding hydrogens is 278 g/mol. The van der Waals surface area contributed by atoms with E-state index in [4.69, 9.17) is 0 Å². The molecule has 1 aliphatic carbocycles. The van der Waals surface area contributed by atoms with Crippen LogP contribution in [0, 0.1) is 5.92 Å². The van der Waals surface area contributed by atoms with Crippen molar-refractivity contribution in [3.63, 3.8) is 0 Å². The van der Waals surface area contributed by atoms with Gasteiger partial charge in [-0.05, 0) is 25.2 Å². The number of β-amino-alcohol motifs (C(OH)–C–C–N with tert-alkyl or cyclic N) is 1. The Bertz CT molecular complexity index is 404. The molecule has 6 heteroatoms. The number of rotatable bonds is 4. The van der Waals surface area contributed by atoms with Crippen molar-refractivity contribution < 1.29 is 18.7 Å². The van der Waals surface area contributed by atoms with Crippen molar-refractivity contribution in [1.82, 2.24) is 9.80 Å². The van der Waals surface area contributed by atoms with Gasteiger partial charge in [0.25, 0.3) is 5.92 Å². The Morgan fingerprint density at radius 1 is 1.14 bits per heavy atom. The van der Waals surface area contributed by atoms with Crippen LogP contribution in [0.15, 0.2) is 0 Å². The number of amides is 1. The Kier molecular flexibility index (Phi) is 3.94.